The number of allylic oxidation sites excluding steroid dienone is 4. The van der Waals surface area contributed by atoms with E-state index in [-0.39, 0.29) is 24.8 Å². The predicted molar refractivity (Wildman–Crippen MR) is 255 cm³/mol. The SMILES string of the molecule is Cl.Cl.[CH2]=[Zr]([CH2]c1ccc(Cl)cc1)([CH2]c1ccc(Cl)cc1)([C]1=CC=CC1)[c]1c(CC(c2ccc(C)cc2)C(C)C)ccc2c1Cc1cc(-c3ccc(C)cc3)c(C)cc1-2. The number of fused-ring (bicyclic) bond motifs is 3. The van der Waals surface area contributed by atoms with Gasteiger partial charge in [0.05, 0.1) is 0 Å². The van der Waals surface area contributed by atoms with Crippen LogP contribution in [0.4, 0.5) is 0 Å². The molecule has 0 aliphatic heterocycles. The van der Waals surface area contributed by atoms with Crippen LogP contribution in [0.3, 0.4) is 0 Å². The number of hydrogen-bond acceptors (Lipinski definition) is 0. The number of hydrogen-bond donors (Lipinski definition) is 0. The van der Waals surface area contributed by atoms with Gasteiger partial charge < -0.3 is 0 Å². The summed E-state index contributed by atoms with van der Waals surface area (Å²) in [5.41, 5.74) is 17.7. The minimum absolute atomic E-state index is 0. The maximum atomic E-state index is 6.56. The van der Waals surface area contributed by atoms with E-state index in [0.29, 0.717) is 11.8 Å². The van der Waals surface area contributed by atoms with E-state index in [1.54, 1.807) is 6.55 Å². The molecule has 0 amide bonds. The maximum absolute atomic E-state index is 6.56. The molecule has 0 bridgehead atoms. The summed E-state index contributed by atoms with van der Waals surface area (Å²) in [4.78, 5) is 0. The molecule has 2 aliphatic rings. The molecular weight excluding hydrogens is 870 g/mol. The third-order valence-corrected chi connectivity index (χ3v) is 29.5. The van der Waals surface area contributed by atoms with Gasteiger partial charge in [-0.2, -0.15) is 0 Å². The fourth-order valence-electron chi connectivity index (χ4n) is 10.0. The molecule has 5 heteroatoms. The van der Waals surface area contributed by atoms with Crippen molar-refractivity contribution in [3.8, 4) is 22.3 Å². The fraction of sp³-hybridized carbons (Fsp3) is 0.226. The summed E-state index contributed by atoms with van der Waals surface area (Å²) in [7, 11) is 0. The summed E-state index contributed by atoms with van der Waals surface area (Å²) in [6.07, 6.45) is 9.91. The van der Waals surface area contributed by atoms with Gasteiger partial charge in [0.15, 0.2) is 0 Å². The average molecular weight is 924 g/mol. The molecule has 1 unspecified atom stereocenters. The molecule has 0 spiro atoms. The van der Waals surface area contributed by atoms with Crippen molar-refractivity contribution in [3.05, 3.63) is 203 Å². The Bertz CT molecular complexity index is 2510. The van der Waals surface area contributed by atoms with Gasteiger partial charge in [-0.15, -0.1) is 24.8 Å². The van der Waals surface area contributed by atoms with Crippen LogP contribution in [0, 0.1) is 26.7 Å². The first-order chi connectivity index (χ1) is 26.9. The van der Waals surface area contributed by atoms with Gasteiger partial charge >= 0.3 is 348 Å². The Hall–Kier alpha value is -3.29. The van der Waals surface area contributed by atoms with Crippen LogP contribution in [-0.2, 0) is 39.4 Å². The summed E-state index contributed by atoms with van der Waals surface area (Å²) >= 11 is 8.36. The van der Waals surface area contributed by atoms with Crippen LogP contribution in [0.1, 0.15) is 76.3 Å². The Morgan fingerprint density at radius 2 is 1.22 bits per heavy atom. The van der Waals surface area contributed by atoms with E-state index in [9.17, 15) is 0 Å². The van der Waals surface area contributed by atoms with E-state index in [1.165, 1.54) is 72.3 Å². The molecule has 1 atom stereocenters. The second-order valence-corrected chi connectivity index (χ2v) is 32.3. The van der Waals surface area contributed by atoms with E-state index >= 15 is 0 Å². The monoisotopic (exact) mass is 920 g/mol. The Morgan fingerprint density at radius 3 is 1.76 bits per heavy atom. The van der Waals surface area contributed by atoms with Crippen molar-refractivity contribution in [1.82, 2.24) is 0 Å². The third-order valence-electron chi connectivity index (χ3n) is 13.0. The van der Waals surface area contributed by atoms with Crippen LogP contribution in [0.2, 0.25) is 10.0 Å². The molecule has 298 valence electrons. The van der Waals surface area contributed by atoms with Gasteiger partial charge in [-0.05, 0) is 0 Å². The summed E-state index contributed by atoms with van der Waals surface area (Å²) < 4.78 is 10.9. The van der Waals surface area contributed by atoms with Crippen molar-refractivity contribution in [2.75, 3.05) is 0 Å². The quantitative estimate of drug-likeness (QED) is 0.121. The summed E-state index contributed by atoms with van der Waals surface area (Å²) in [6.45, 7) is 11.4. The van der Waals surface area contributed by atoms with Crippen LogP contribution in [-0.4, -0.2) is 4.21 Å². The van der Waals surface area contributed by atoms with Gasteiger partial charge in [0.2, 0.25) is 0 Å². The van der Waals surface area contributed by atoms with Gasteiger partial charge in [0, 0.05) is 0 Å². The third kappa shape index (κ3) is 8.51. The van der Waals surface area contributed by atoms with Crippen molar-refractivity contribution in [2.45, 2.75) is 68.1 Å². The minimum atomic E-state index is -4.76. The fourth-order valence-corrected chi connectivity index (χ4v) is 27.3. The number of halogens is 4. The molecule has 58 heavy (non-hydrogen) atoms. The second kappa shape index (κ2) is 17.7. The first kappa shape index (κ1) is 44.3. The molecule has 2 aliphatic carbocycles. The Labute approximate surface area is 369 Å². The molecule has 6 aromatic carbocycles. The molecule has 0 saturated heterocycles. The van der Waals surface area contributed by atoms with E-state index in [1.807, 2.05) is 0 Å². The van der Waals surface area contributed by atoms with E-state index in [4.69, 9.17) is 27.4 Å². The standard InChI is InChI=1S/C33H33.2C7H6Cl.C5H5.CH2.2ClH.Zr/c1-21(2)31(26-11-6-22(3)7-12-26)18-25-10-15-30-28(17-25)19-29-20-32(24(5)16-33(29)30)27-13-8-23(4)9-14-27;2*1-6-2-4-7(8)5-3-6;1-2-4-5-3-1;;;;/h6-16,20-21,31H,18-19H2,1-5H3;2*2-5H,1H2;1-3H,4H2;1H2;2*1H;. The Morgan fingerprint density at radius 1 is 0.655 bits per heavy atom. The van der Waals surface area contributed by atoms with Gasteiger partial charge in [-0.25, -0.2) is 0 Å². The summed E-state index contributed by atoms with van der Waals surface area (Å²) in [5.74, 6) is 0.821. The van der Waals surface area contributed by atoms with Crippen molar-refractivity contribution in [3.63, 3.8) is 0 Å². The van der Waals surface area contributed by atoms with Crippen LogP contribution >= 0.6 is 48.0 Å². The van der Waals surface area contributed by atoms with Crippen LogP contribution in [0.5, 0.6) is 0 Å². The molecule has 0 saturated carbocycles. The van der Waals surface area contributed by atoms with E-state index in [0.717, 1.165) is 37.6 Å². The molecule has 0 heterocycles. The van der Waals surface area contributed by atoms with Crippen molar-refractivity contribution in [2.24, 2.45) is 5.92 Å². The van der Waals surface area contributed by atoms with Gasteiger partial charge in [0.1, 0.15) is 0 Å². The van der Waals surface area contributed by atoms with E-state index in [2.05, 4.69) is 174 Å². The number of benzene rings is 6. The number of rotatable bonds is 11. The van der Waals surface area contributed by atoms with Gasteiger partial charge in [-0.1, -0.05) is 0 Å². The zero-order chi connectivity index (χ0) is 39.2. The molecule has 8 rings (SSSR count). The molecule has 0 nitrogen and oxygen atoms in total. The van der Waals surface area contributed by atoms with Crippen LogP contribution < -0.4 is 3.27 Å². The Kier molecular flexibility index (Phi) is 13.5. The summed E-state index contributed by atoms with van der Waals surface area (Å²) in [5, 5.41) is 1.53. The van der Waals surface area contributed by atoms with Gasteiger partial charge in [-0.3, -0.25) is 0 Å². The normalized spacial score (nSPS) is 13.7. The molecule has 6 aromatic rings. The first-order valence-corrected chi connectivity index (χ1v) is 28.6. The van der Waals surface area contributed by atoms with Crippen LogP contribution in [0.25, 0.3) is 22.3 Å². The molecule has 0 aromatic heterocycles. The van der Waals surface area contributed by atoms with Crippen molar-refractivity contribution < 1.29 is 18.3 Å². The molecular formula is C53H54Cl4Zr. The predicted octanol–water partition coefficient (Wildman–Crippen LogP) is 15.0. The number of aryl methyl sites for hydroxylation is 3. The zero-order valence-electron chi connectivity index (χ0n) is 34.2. The second-order valence-electron chi connectivity index (χ2n) is 17.3. The zero-order valence-corrected chi connectivity index (χ0v) is 39.9. The summed E-state index contributed by atoms with van der Waals surface area (Å²) in [6, 6.07) is 45.5. The van der Waals surface area contributed by atoms with Gasteiger partial charge in [0.25, 0.3) is 0 Å². The molecule has 0 radical (unpaired) electrons. The topological polar surface area (TPSA) is 0 Å². The Balaban J connectivity index is 0.00000283. The first-order valence-electron chi connectivity index (χ1n) is 20.2. The van der Waals surface area contributed by atoms with Crippen molar-refractivity contribution >= 4 is 55.5 Å². The molecule has 0 N–H and O–H groups in total. The molecule has 0 fully saturated rings. The van der Waals surface area contributed by atoms with Crippen molar-refractivity contribution in [1.29, 1.82) is 0 Å². The van der Waals surface area contributed by atoms with E-state index < -0.39 is 18.3 Å². The van der Waals surface area contributed by atoms with Crippen LogP contribution in [0.15, 0.2) is 143 Å². The average Bonchev–Trinajstić information content (AvgIpc) is 3.86.